The van der Waals surface area contributed by atoms with Crippen LogP contribution in [0, 0.1) is 0 Å². The molecule has 5 rings (SSSR count). The van der Waals surface area contributed by atoms with Crippen LogP contribution in [0.15, 0.2) is 78.9 Å². The maximum atomic E-state index is 13.7. The monoisotopic (exact) mass is 496 g/mol. The summed E-state index contributed by atoms with van der Waals surface area (Å²) < 4.78 is 7.78. The molecule has 0 spiro atoms. The molecule has 0 saturated carbocycles. The average molecular weight is 497 g/mol. The van der Waals surface area contributed by atoms with Crippen LogP contribution in [0.5, 0.6) is 5.75 Å². The highest BCUT2D eigenvalue weighted by molar-refractivity contribution is 5.98. The number of aromatic nitrogens is 2. The van der Waals surface area contributed by atoms with Gasteiger partial charge in [0, 0.05) is 30.6 Å². The molecule has 1 atom stereocenters. The first kappa shape index (κ1) is 24.6. The fourth-order valence-corrected chi connectivity index (χ4v) is 5.17. The van der Waals surface area contributed by atoms with E-state index in [-0.39, 0.29) is 30.3 Å². The number of ether oxygens (including phenoxy) is 1. The molecule has 190 valence electrons. The van der Waals surface area contributed by atoms with Crippen molar-refractivity contribution in [1.29, 1.82) is 0 Å². The maximum Gasteiger partial charge on any atom is 0.247 e. The molecule has 1 unspecified atom stereocenters. The van der Waals surface area contributed by atoms with E-state index in [9.17, 15) is 9.59 Å². The van der Waals surface area contributed by atoms with Crippen molar-refractivity contribution < 1.29 is 14.3 Å². The zero-order valence-electron chi connectivity index (χ0n) is 21.5. The minimum Gasteiger partial charge on any atom is -0.492 e. The second kappa shape index (κ2) is 10.5. The third-order valence-electron chi connectivity index (χ3n) is 6.74. The van der Waals surface area contributed by atoms with Gasteiger partial charge >= 0.3 is 0 Å². The highest BCUT2D eigenvalue weighted by Crippen LogP contribution is 2.37. The largest absolute Gasteiger partial charge is 0.492 e. The van der Waals surface area contributed by atoms with Gasteiger partial charge in [-0.25, -0.2) is 4.98 Å². The third-order valence-corrected chi connectivity index (χ3v) is 6.74. The summed E-state index contributed by atoms with van der Waals surface area (Å²) in [5.74, 6) is 1.31. The lowest BCUT2D eigenvalue weighted by molar-refractivity contribution is -0.119. The van der Waals surface area contributed by atoms with Gasteiger partial charge in [0.1, 0.15) is 18.1 Å². The number of fused-ring (bicyclic) bond motifs is 1. The van der Waals surface area contributed by atoms with E-state index in [1.165, 1.54) is 0 Å². The molecular weight excluding hydrogens is 464 g/mol. The Morgan fingerprint density at radius 3 is 2.49 bits per heavy atom. The third kappa shape index (κ3) is 4.81. The lowest BCUT2D eigenvalue weighted by Crippen LogP contribution is -2.39. The Morgan fingerprint density at radius 1 is 1.03 bits per heavy atom. The van der Waals surface area contributed by atoms with Gasteiger partial charge in [-0.3, -0.25) is 9.59 Å². The summed E-state index contributed by atoms with van der Waals surface area (Å²) in [6.07, 6.45) is 0.324. The smallest absolute Gasteiger partial charge is 0.247 e. The number of amides is 2. The fraction of sp³-hybridized carbons (Fsp3) is 0.300. The predicted molar refractivity (Wildman–Crippen MR) is 146 cm³/mol. The van der Waals surface area contributed by atoms with Crippen LogP contribution in [-0.2, 0) is 16.1 Å². The second-order valence-electron chi connectivity index (χ2n) is 9.54. The predicted octanol–water partition coefficient (Wildman–Crippen LogP) is 5.40. The van der Waals surface area contributed by atoms with E-state index in [2.05, 4.69) is 0 Å². The topological polar surface area (TPSA) is 67.7 Å². The van der Waals surface area contributed by atoms with E-state index in [1.54, 1.807) is 4.90 Å². The average Bonchev–Trinajstić information content (AvgIpc) is 3.45. The van der Waals surface area contributed by atoms with Gasteiger partial charge in [0.25, 0.3) is 0 Å². The number of nitrogens with zero attached hydrogens (tertiary/aromatic N) is 4. The lowest BCUT2D eigenvalue weighted by Gasteiger charge is -2.28. The van der Waals surface area contributed by atoms with Gasteiger partial charge in [-0.1, -0.05) is 42.5 Å². The highest BCUT2D eigenvalue weighted by Gasteiger charge is 2.36. The normalized spacial score (nSPS) is 15.5. The Morgan fingerprint density at radius 2 is 1.73 bits per heavy atom. The first-order valence-electron chi connectivity index (χ1n) is 12.8. The molecule has 7 nitrogen and oxygen atoms in total. The number of carbonyl (C=O) groups is 2. The van der Waals surface area contributed by atoms with Crippen molar-refractivity contribution in [2.45, 2.75) is 45.7 Å². The van der Waals surface area contributed by atoms with Gasteiger partial charge in [-0.2, -0.15) is 0 Å². The van der Waals surface area contributed by atoms with Crippen molar-refractivity contribution >= 4 is 34.2 Å². The molecule has 0 aliphatic carbocycles. The number of hydrogen-bond donors (Lipinski definition) is 0. The number of imidazole rings is 1. The number of anilines is 2. The minimum absolute atomic E-state index is 0.00764. The number of para-hydroxylation sites is 5. The number of rotatable bonds is 8. The summed E-state index contributed by atoms with van der Waals surface area (Å²) in [5.41, 5.74) is 3.35. The van der Waals surface area contributed by atoms with Crippen LogP contribution < -0.4 is 14.5 Å². The SMILES string of the molecule is CCOc1ccccc1N1CC(c2nc3ccccc3n2CC(=O)N(c2ccccc2)C(C)C)CC1=O. The van der Waals surface area contributed by atoms with E-state index < -0.39 is 0 Å². The van der Waals surface area contributed by atoms with Crippen LogP contribution in [-0.4, -0.2) is 40.6 Å². The molecule has 1 saturated heterocycles. The molecule has 1 fully saturated rings. The van der Waals surface area contributed by atoms with Crippen molar-refractivity contribution in [3.8, 4) is 5.75 Å². The molecule has 1 aliphatic rings. The summed E-state index contributed by atoms with van der Waals surface area (Å²) in [7, 11) is 0. The summed E-state index contributed by atoms with van der Waals surface area (Å²) in [4.78, 5) is 35.5. The van der Waals surface area contributed by atoms with Crippen molar-refractivity contribution in [2.24, 2.45) is 0 Å². The summed E-state index contributed by atoms with van der Waals surface area (Å²) >= 11 is 0. The first-order chi connectivity index (χ1) is 18.0. The molecule has 0 N–H and O–H groups in total. The van der Waals surface area contributed by atoms with Crippen LogP contribution in [0.1, 0.15) is 38.9 Å². The van der Waals surface area contributed by atoms with E-state index in [4.69, 9.17) is 9.72 Å². The Bertz CT molecular complexity index is 1410. The van der Waals surface area contributed by atoms with E-state index in [1.807, 2.05) is 109 Å². The fourth-order valence-electron chi connectivity index (χ4n) is 5.17. The molecule has 7 heteroatoms. The summed E-state index contributed by atoms with van der Waals surface area (Å²) in [6, 6.07) is 25.2. The lowest BCUT2D eigenvalue weighted by atomic mass is 10.1. The van der Waals surface area contributed by atoms with E-state index in [0.29, 0.717) is 25.3 Å². The molecule has 4 aromatic rings. The van der Waals surface area contributed by atoms with Gasteiger partial charge in [0.05, 0.1) is 23.3 Å². The van der Waals surface area contributed by atoms with E-state index in [0.717, 1.165) is 28.2 Å². The Hall–Kier alpha value is -4.13. The molecule has 1 aromatic heterocycles. The molecule has 37 heavy (non-hydrogen) atoms. The molecule has 2 amide bonds. The maximum absolute atomic E-state index is 13.7. The van der Waals surface area contributed by atoms with Crippen molar-refractivity contribution in [3.63, 3.8) is 0 Å². The quantitative estimate of drug-likeness (QED) is 0.328. The second-order valence-corrected chi connectivity index (χ2v) is 9.54. The van der Waals surface area contributed by atoms with Crippen LogP contribution in [0.2, 0.25) is 0 Å². The molecular formula is C30H32N4O3. The molecule has 1 aliphatic heterocycles. The van der Waals surface area contributed by atoms with Crippen LogP contribution in [0.3, 0.4) is 0 Å². The Kier molecular flexibility index (Phi) is 6.95. The highest BCUT2D eigenvalue weighted by atomic mass is 16.5. The Labute approximate surface area is 217 Å². The van der Waals surface area contributed by atoms with Gasteiger partial charge in [-0.15, -0.1) is 0 Å². The zero-order valence-corrected chi connectivity index (χ0v) is 21.5. The molecule has 3 aromatic carbocycles. The minimum atomic E-state index is -0.147. The van der Waals surface area contributed by atoms with Gasteiger partial charge < -0.3 is 19.1 Å². The van der Waals surface area contributed by atoms with E-state index >= 15 is 0 Å². The standard InChI is InChI=1S/C30H32N4O3/c1-4-37-27-17-11-10-16-26(27)32-19-22(18-28(32)35)30-31-24-14-8-9-15-25(24)33(30)20-29(36)34(21(2)3)23-12-6-5-7-13-23/h5-17,21-22H,4,18-20H2,1-3H3. The van der Waals surface area contributed by atoms with Crippen LogP contribution in [0.25, 0.3) is 11.0 Å². The number of hydrogen-bond acceptors (Lipinski definition) is 4. The first-order valence-corrected chi connectivity index (χ1v) is 12.8. The zero-order chi connectivity index (χ0) is 25.9. The number of benzene rings is 3. The summed E-state index contributed by atoms with van der Waals surface area (Å²) in [5, 5.41) is 0. The molecule has 0 bridgehead atoms. The number of carbonyl (C=O) groups excluding carboxylic acids is 2. The summed E-state index contributed by atoms with van der Waals surface area (Å²) in [6.45, 7) is 7.10. The van der Waals surface area contributed by atoms with Gasteiger partial charge in [-0.05, 0) is 57.2 Å². The van der Waals surface area contributed by atoms with Crippen molar-refractivity contribution in [3.05, 3.63) is 84.7 Å². The van der Waals surface area contributed by atoms with Gasteiger partial charge in [0.15, 0.2) is 0 Å². The Balaban J connectivity index is 1.49. The molecule has 0 radical (unpaired) electrons. The van der Waals surface area contributed by atoms with Gasteiger partial charge in [0.2, 0.25) is 11.8 Å². The van der Waals surface area contributed by atoms with Crippen LogP contribution >= 0.6 is 0 Å². The molecule has 2 heterocycles. The van der Waals surface area contributed by atoms with Crippen molar-refractivity contribution in [2.75, 3.05) is 23.0 Å². The van der Waals surface area contributed by atoms with Crippen molar-refractivity contribution in [1.82, 2.24) is 9.55 Å². The van der Waals surface area contributed by atoms with Crippen LogP contribution in [0.4, 0.5) is 11.4 Å².